The maximum atomic E-state index is 9.85. The van der Waals surface area contributed by atoms with Gasteiger partial charge in [-0.25, -0.2) is 0 Å². The minimum absolute atomic E-state index is 0.0475. The summed E-state index contributed by atoms with van der Waals surface area (Å²) in [6.45, 7) is 3.26. The van der Waals surface area contributed by atoms with Crippen LogP contribution in [0.25, 0.3) is 0 Å². The number of carbonyl (C=O) groups is 1. The van der Waals surface area contributed by atoms with Gasteiger partial charge in [-0.1, -0.05) is 6.58 Å². The van der Waals surface area contributed by atoms with E-state index in [2.05, 4.69) is 6.58 Å². The summed E-state index contributed by atoms with van der Waals surface area (Å²) in [4.78, 5) is 19.5. The molecule has 3 heteroatoms. The Morgan fingerprint density at radius 1 is 1.56 bits per heavy atom. The first-order valence-electron chi connectivity index (χ1n) is 2.44. The number of hydrogen-bond donors (Lipinski definition) is 1. The molecular formula is C6H7O3. The van der Waals surface area contributed by atoms with E-state index in [0.29, 0.717) is 0 Å². The van der Waals surface area contributed by atoms with Crippen molar-refractivity contribution in [2.75, 3.05) is 0 Å². The number of rotatable bonds is 4. The van der Waals surface area contributed by atoms with Gasteiger partial charge in [0, 0.05) is 6.42 Å². The average molecular weight is 127 g/mol. The van der Waals surface area contributed by atoms with Gasteiger partial charge in [0.15, 0.2) is 0 Å². The van der Waals surface area contributed by atoms with E-state index >= 15 is 0 Å². The first-order valence-corrected chi connectivity index (χ1v) is 2.44. The quantitative estimate of drug-likeness (QED) is 0.560. The van der Waals surface area contributed by atoms with E-state index in [9.17, 15) is 9.59 Å². The Balaban J connectivity index is 3.39. The van der Waals surface area contributed by atoms with Crippen molar-refractivity contribution in [2.24, 2.45) is 0 Å². The van der Waals surface area contributed by atoms with Crippen molar-refractivity contribution < 1.29 is 14.7 Å². The number of hydrogen-bond acceptors (Lipinski definition) is 2. The second-order valence-electron chi connectivity index (χ2n) is 1.60. The average Bonchev–Trinajstić information content (AvgIpc) is 1.83. The lowest BCUT2D eigenvalue weighted by atomic mass is 10.2. The molecule has 0 amide bonds. The summed E-state index contributed by atoms with van der Waals surface area (Å²) in [7, 11) is 0. The summed E-state index contributed by atoms with van der Waals surface area (Å²) in [5.41, 5.74) is 0.206. The minimum atomic E-state index is -0.925. The molecule has 1 radical (unpaired) electrons. The third-order valence-corrected chi connectivity index (χ3v) is 0.785. The standard InChI is InChI=1S/C6H7O3/c1-5(4-7)2-3-6(8)9/h1-3H2,(H,8,9). The van der Waals surface area contributed by atoms with Crippen molar-refractivity contribution in [2.45, 2.75) is 12.8 Å². The number of carboxylic acids is 1. The summed E-state index contributed by atoms with van der Waals surface area (Å²) >= 11 is 0. The molecule has 0 aliphatic carbocycles. The maximum absolute atomic E-state index is 9.85. The van der Waals surface area contributed by atoms with E-state index in [1.807, 2.05) is 0 Å². The van der Waals surface area contributed by atoms with E-state index < -0.39 is 5.97 Å². The Labute approximate surface area is 53.0 Å². The lowest BCUT2D eigenvalue weighted by Crippen LogP contribution is -1.95. The number of aliphatic carboxylic acids is 1. The molecule has 0 fully saturated rings. The molecule has 9 heavy (non-hydrogen) atoms. The normalized spacial score (nSPS) is 8.44. The molecule has 0 heterocycles. The van der Waals surface area contributed by atoms with Gasteiger partial charge in [-0.05, 0) is 12.0 Å². The fourth-order valence-electron chi connectivity index (χ4n) is 0.309. The summed E-state index contributed by atoms with van der Waals surface area (Å²) in [6, 6.07) is 0. The predicted octanol–water partition coefficient (Wildman–Crippen LogP) is 0.517. The van der Waals surface area contributed by atoms with E-state index in [1.54, 1.807) is 0 Å². The van der Waals surface area contributed by atoms with Crippen molar-refractivity contribution in [3.8, 4) is 0 Å². The van der Waals surface area contributed by atoms with Crippen molar-refractivity contribution in [3.63, 3.8) is 0 Å². The van der Waals surface area contributed by atoms with Gasteiger partial charge in [-0.15, -0.1) is 0 Å². The molecule has 0 unspecified atom stereocenters. The Hall–Kier alpha value is -1.12. The Morgan fingerprint density at radius 2 is 2.11 bits per heavy atom. The van der Waals surface area contributed by atoms with Crippen LogP contribution in [0.15, 0.2) is 12.2 Å². The topological polar surface area (TPSA) is 54.4 Å². The first kappa shape index (κ1) is 7.88. The van der Waals surface area contributed by atoms with Crippen LogP contribution in [0.3, 0.4) is 0 Å². The summed E-state index contributed by atoms with van der Waals surface area (Å²) in [5.74, 6) is -0.925. The van der Waals surface area contributed by atoms with Gasteiger partial charge in [0.1, 0.15) is 0 Å². The predicted molar refractivity (Wildman–Crippen MR) is 31.7 cm³/mol. The molecule has 0 aromatic carbocycles. The second-order valence-corrected chi connectivity index (χ2v) is 1.60. The molecule has 0 aliphatic rings. The first-order chi connectivity index (χ1) is 4.16. The molecule has 0 aromatic heterocycles. The highest BCUT2D eigenvalue weighted by atomic mass is 16.4. The smallest absolute Gasteiger partial charge is 0.303 e. The van der Waals surface area contributed by atoms with Crippen molar-refractivity contribution >= 4 is 12.3 Å². The van der Waals surface area contributed by atoms with Crippen LogP contribution < -0.4 is 0 Å². The van der Waals surface area contributed by atoms with E-state index in [4.69, 9.17) is 5.11 Å². The molecular weight excluding hydrogens is 120 g/mol. The summed E-state index contributed by atoms with van der Waals surface area (Å²) in [5, 5.41) is 8.09. The minimum Gasteiger partial charge on any atom is -0.481 e. The third-order valence-electron chi connectivity index (χ3n) is 0.785. The number of carbonyl (C=O) groups excluding carboxylic acids is 1. The fraction of sp³-hybridized carbons (Fsp3) is 0.333. The van der Waals surface area contributed by atoms with Crippen LogP contribution in [0.2, 0.25) is 0 Å². The maximum Gasteiger partial charge on any atom is 0.303 e. The molecule has 3 nitrogen and oxygen atoms in total. The fourth-order valence-corrected chi connectivity index (χ4v) is 0.309. The number of allylic oxidation sites excluding steroid dienone is 1. The van der Waals surface area contributed by atoms with Gasteiger partial charge in [0.2, 0.25) is 6.29 Å². The molecule has 0 saturated carbocycles. The summed E-state index contributed by atoms with van der Waals surface area (Å²) in [6.07, 6.45) is 1.66. The molecule has 0 atom stereocenters. The van der Waals surface area contributed by atoms with Gasteiger partial charge in [0.25, 0.3) is 0 Å². The monoisotopic (exact) mass is 127 g/mol. The third kappa shape index (κ3) is 4.74. The molecule has 0 bridgehead atoms. The van der Waals surface area contributed by atoms with Gasteiger partial charge in [-0.3, -0.25) is 9.59 Å². The van der Waals surface area contributed by atoms with Gasteiger partial charge < -0.3 is 5.11 Å². The van der Waals surface area contributed by atoms with E-state index in [-0.39, 0.29) is 18.4 Å². The second kappa shape index (κ2) is 3.83. The molecule has 0 spiro atoms. The molecule has 49 valence electrons. The van der Waals surface area contributed by atoms with Crippen molar-refractivity contribution in [1.29, 1.82) is 0 Å². The van der Waals surface area contributed by atoms with Crippen LogP contribution in [-0.4, -0.2) is 17.4 Å². The molecule has 0 rings (SSSR count). The van der Waals surface area contributed by atoms with Crippen LogP contribution in [-0.2, 0) is 9.59 Å². The van der Waals surface area contributed by atoms with Gasteiger partial charge in [0.05, 0.1) is 0 Å². The van der Waals surface area contributed by atoms with Crippen LogP contribution in [0.1, 0.15) is 12.8 Å². The van der Waals surface area contributed by atoms with Crippen molar-refractivity contribution in [1.82, 2.24) is 0 Å². The lowest BCUT2D eigenvalue weighted by molar-refractivity contribution is -0.136. The molecule has 0 aliphatic heterocycles. The van der Waals surface area contributed by atoms with Gasteiger partial charge >= 0.3 is 5.97 Å². The highest BCUT2D eigenvalue weighted by Gasteiger charge is 1.97. The molecule has 0 saturated heterocycles. The van der Waals surface area contributed by atoms with Crippen molar-refractivity contribution in [3.05, 3.63) is 12.2 Å². The Morgan fingerprint density at radius 3 is 2.44 bits per heavy atom. The van der Waals surface area contributed by atoms with E-state index in [1.165, 1.54) is 6.29 Å². The van der Waals surface area contributed by atoms with Crippen LogP contribution in [0.4, 0.5) is 0 Å². The molecule has 0 aromatic rings. The lowest BCUT2D eigenvalue weighted by Gasteiger charge is -1.89. The van der Waals surface area contributed by atoms with Gasteiger partial charge in [-0.2, -0.15) is 0 Å². The highest BCUT2D eigenvalue weighted by Crippen LogP contribution is 1.97. The largest absolute Gasteiger partial charge is 0.481 e. The summed E-state index contributed by atoms with van der Waals surface area (Å²) < 4.78 is 0. The van der Waals surface area contributed by atoms with Crippen LogP contribution in [0.5, 0.6) is 0 Å². The Kier molecular flexibility index (Phi) is 3.35. The molecule has 1 N–H and O–H groups in total. The van der Waals surface area contributed by atoms with Crippen LogP contribution in [0, 0.1) is 0 Å². The number of carboxylic acid groups (broad SMARTS) is 1. The highest BCUT2D eigenvalue weighted by molar-refractivity contribution is 5.75. The Bertz CT molecular complexity index is 137. The zero-order valence-electron chi connectivity index (χ0n) is 4.89. The zero-order chi connectivity index (χ0) is 7.28. The SMILES string of the molecule is C=C([C]=O)CCC(=O)O. The van der Waals surface area contributed by atoms with Crippen LogP contribution >= 0.6 is 0 Å². The zero-order valence-corrected chi connectivity index (χ0v) is 4.89. The van der Waals surface area contributed by atoms with E-state index in [0.717, 1.165) is 0 Å².